The summed E-state index contributed by atoms with van der Waals surface area (Å²) in [6, 6.07) is 5.14. The molecule has 0 fully saturated rings. The van der Waals surface area contributed by atoms with Crippen LogP contribution in [0.15, 0.2) is 28.2 Å². The Morgan fingerprint density at radius 3 is 2.64 bits per heavy atom. The molecule has 0 radical (unpaired) electrons. The van der Waals surface area contributed by atoms with Gasteiger partial charge in [-0.05, 0) is 26.0 Å². The van der Waals surface area contributed by atoms with Gasteiger partial charge in [-0.3, -0.25) is 4.79 Å². The van der Waals surface area contributed by atoms with E-state index in [1.54, 1.807) is 30.1 Å². The predicted molar refractivity (Wildman–Crippen MR) is 86.2 cm³/mol. The second-order valence-electron chi connectivity index (χ2n) is 5.70. The summed E-state index contributed by atoms with van der Waals surface area (Å²) in [6.45, 7) is 3.96. The highest BCUT2D eigenvalue weighted by Gasteiger charge is 2.36. The molecule has 118 valence electrons. The molecule has 0 unspecified atom stereocenters. The second kappa shape index (κ2) is 5.55. The van der Waals surface area contributed by atoms with Gasteiger partial charge in [0.1, 0.15) is 12.4 Å². The first kappa shape index (κ1) is 15.6. The molecule has 1 aromatic rings. The molecule has 22 heavy (non-hydrogen) atoms. The van der Waals surface area contributed by atoms with E-state index in [0.29, 0.717) is 17.1 Å². The third kappa shape index (κ3) is 3.11. The lowest BCUT2D eigenvalue weighted by molar-refractivity contribution is -0.127. The summed E-state index contributed by atoms with van der Waals surface area (Å²) in [5.74, 6) is 0.320. The van der Waals surface area contributed by atoms with Crippen LogP contribution in [0, 0.1) is 5.41 Å². The molecule has 0 spiro atoms. The molecule has 0 aromatic heterocycles. The molecule has 0 saturated carbocycles. The first-order chi connectivity index (χ1) is 10.2. The second-order valence-corrected chi connectivity index (χ2v) is 5.70. The molecular weight excluding hydrogens is 284 g/mol. The Bertz CT molecular complexity index is 661. The van der Waals surface area contributed by atoms with Crippen molar-refractivity contribution >= 4 is 29.2 Å². The monoisotopic (exact) mass is 304 g/mol. The van der Waals surface area contributed by atoms with Crippen LogP contribution >= 0.6 is 0 Å². The third-order valence-corrected chi connectivity index (χ3v) is 3.26. The highest BCUT2D eigenvalue weighted by molar-refractivity contribution is 5.99. The number of guanidine groups is 2. The zero-order chi connectivity index (χ0) is 16.5. The normalized spacial score (nSPS) is 17.3. The predicted octanol–water partition coefficient (Wildman–Crippen LogP) is 0.288. The van der Waals surface area contributed by atoms with E-state index < -0.39 is 5.41 Å². The Kier molecular flexibility index (Phi) is 3.94. The van der Waals surface area contributed by atoms with Crippen LogP contribution in [-0.4, -0.2) is 31.5 Å². The van der Waals surface area contributed by atoms with Gasteiger partial charge in [0.2, 0.25) is 11.9 Å². The zero-order valence-corrected chi connectivity index (χ0v) is 12.8. The van der Waals surface area contributed by atoms with Crippen LogP contribution in [0.4, 0.5) is 11.4 Å². The van der Waals surface area contributed by atoms with Crippen molar-refractivity contribution in [2.75, 3.05) is 18.6 Å². The summed E-state index contributed by atoms with van der Waals surface area (Å²) >= 11 is 0. The standard InChI is InChI=1S/C14H20N6O2/c1-14(2)7-22-10-6-8(18-13(17)19-12(15)16)4-5-9(10)20(3)11(14)21/h4-6H,7H2,1-3H3,(H6,15,16,17,18,19). The van der Waals surface area contributed by atoms with Crippen molar-refractivity contribution in [2.45, 2.75) is 13.8 Å². The molecule has 0 atom stereocenters. The third-order valence-electron chi connectivity index (χ3n) is 3.26. The van der Waals surface area contributed by atoms with Crippen LogP contribution in [0.5, 0.6) is 5.75 Å². The molecule has 2 rings (SSSR count). The highest BCUT2D eigenvalue weighted by Crippen LogP contribution is 2.37. The van der Waals surface area contributed by atoms with Crippen LogP contribution in [0.1, 0.15) is 13.8 Å². The number of nitrogens with two attached hydrogens (primary N) is 3. The lowest BCUT2D eigenvalue weighted by atomic mass is 9.93. The number of amides is 1. The van der Waals surface area contributed by atoms with Gasteiger partial charge < -0.3 is 26.8 Å². The van der Waals surface area contributed by atoms with Crippen LogP contribution in [0.2, 0.25) is 0 Å². The number of nitrogens with zero attached hydrogens (tertiary/aromatic N) is 3. The fraction of sp³-hybridized carbons (Fsp3) is 0.357. The number of aliphatic imine (C=N–C) groups is 2. The van der Waals surface area contributed by atoms with Crippen LogP contribution < -0.4 is 26.8 Å². The van der Waals surface area contributed by atoms with E-state index in [-0.39, 0.29) is 24.4 Å². The molecule has 1 aliphatic rings. The Hall–Kier alpha value is -2.77. The molecule has 0 bridgehead atoms. The summed E-state index contributed by atoms with van der Waals surface area (Å²) in [5.41, 5.74) is 16.7. The number of rotatable bonds is 1. The maximum atomic E-state index is 12.4. The Balaban J connectivity index is 2.39. The number of hydrogen-bond acceptors (Lipinski definition) is 3. The van der Waals surface area contributed by atoms with E-state index in [1.165, 1.54) is 0 Å². The summed E-state index contributed by atoms with van der Waals surface area (Å²) in [6.07, 6.45) is 0. The van der Waals surface area contributed by atoms with Crippen molar-refractivity contribution in [3.63, 3.8) is 0 Å². The first-order valence-electron chi connectivity index (χ1n) is 6.69. The van der Waals surface area contributed by atoms with Gasteiger partial charge in [0.15, 0.2) is 5.96 Å². The Labute approximate surface area is 128 Å². The van der Waals surface area contributed by atoms with Crippen molar-refractivity contribution < 1.29 is 9.53 Å². The molecule has 0 aliphatic carbocycles. The average Bonchev–Trinajstić information content (AvgIpc) is 2.49. The summed E-state index contributed by atoms with van der Waals surface area (Å²) in [4.78, 5) is 21.7. The van der Waals surface area contributed by atoms with Gasteiger partial charge in [0.25, 0.3) is 0 Å². The largest absolute Gasteiger partial charge is 0.490 e. The van der Waals surface area contributed by atoms with Crippen molar-refractivity contribution in [2.24, 2.45) is 32.6 Å². The summed E-state index contributed by atoms with van der Waals surface area (Å²) < 4.78 is 5.75. The highest BCUT2D eigenvalue weighted by atomic mass is 16.5. The fourth-order valence-corrected chi connectivity index (χ4v) is 2.14. The van der Waals surface area contributed by atoms with Gasteiger partial charge >= 0.3 is 0 Å². The minimum atomic E-state index is -0.603. The Morgan fingerprint density at radius 1 is 1.32 bits per heavy atom. The number of carbonyl (C=O) groups excluding carboxylic acids is 1. The first-order valence-corrected chi connectivity index (χ1v) is 6.69. The van der Waals surface area contributed by atoms with Crippen LogP contribution in [0.3, 0.4) is 0 Å². The van der Waals surface area contributed by atoms with Gasteiger partial charge in [0.05, 0.1) is 16.8 Å². The van der Waals surface area contributed by atoms with Crippen molar-refractivity contribution in [3.8, 4) is 5.75 Å². The zero-order valence-electron chi connectivity index (χ0n) is 12.8. The van der Waals surface area contributed by atoms with E-state index in [4.69, 9.17) is 21.9 Å². The molecule has 8 heteroatoms. The van der Waals surface area contributed by atoms with Crippen molar-refractivity contribution in [3.05, 3.63) is 18.2 Å². The minimum absolute atomic E-state index is 0.0116. The van der Waals surface area contributed by atoms with Gasteiger partial charge in [-0.25, -0.2) is 4.99 Å². The van der Waals surface area contributed by atoms with E-state index in [1.807, 2.05) is 13.8 Å². The fourth-order valence-electron chi connectivity index (χ4n) is 2.14. The Morgan fingerprint density at radius 2 is 2.00 bits per heavy atom. The van der Waals surface area contributed by atoms with Crippen LogP contribution in [-0.2, 0) is 4.79 Å². The molecule has 1 aliphatic heterocycles. The van der Waals surface area contributed by atoms with Gasteiger partial charge in [-0.15, -0.1) is 0 Å². The maximum absolute atomic E-state index is 12.4. The average molecular weight is 304 g/mol. The van der Waals surface area contributed by atoms with E-state index in [0.717, 1.165) is 0 Å². The number of benzene rings is 1. The summed E-state index contributed by atoms with van der Waals surface area (Å²) in [7, 11) is 1.72. The number of anilines is 1. The van der Waals surface area contributed by atoms with Gasteiger partial charge in [-0.1, -0.05) is 0 Å². The minimum Gasteiger partial charge on any atom is -0.490 e. The van der Waals surface area contributed by atoms with E-state index >= 15 is 0 Å². The van der Waals surface area contributed by atoms with Gasteiger partial charge in [-0.2, -0.15) is 4.99 Å². The molecule has 1 aromatic carbocycles. The maximum Gasteiger partial charge on any atom is 0.235 e. The number of fused-ring (bicyclic) bond motifs is 1. The number of ether oxygens (including phenoxy) is 1. The quantitative estimate of drug-likeness (QED) is 0.506. The summed E-state index contributed by atoms with van der Waals surface area (Å²) in [5, 5.41) is 0. The van der Waals surface area contributed by atoms with E-state index in [9.17, 15) is 4.79 Å². The molecule has 8 nitrogen and oxygen atoms in total. The lowest BCUT2D eigenvalue weighted by Crippen LogP contribution is -2.39. The van der Waals surface area contributed by atoms with Crippen LogP contribution in [0.25, 0.3) is 0 Å². The lowest BCUT2D eigenvalue weighted by Gasteiger charge is -2.24. The molecule has 1 heterocycles. The molecular formula is C14H20N6O2. The number of hydrogen-bond donors (Lipinski definition) is 3. The SMILES string of the molecule is CN1C(=O)C(C)(C)COc2cc(N=C(N)N=C(N)N)ccc21. The topological polar surface area (TPSA) is 132 Å². The van der Waals surface area contributed by atoms with Gasteiger partial charge in [0, 0.05) is 13.1 Å². The van der Waals surface area contributed by atoms with Crippen molar-refractivity contribution in [1.82, 2.24) is 0 Å². The number of carbonyl (C=O) groups is 1. The molecule has 6 N–H and O–H groups in total. The molecule has 1 amide bonds. The van der Waals surface area contributed by atoms with E-state index in [2.05, 4.69) is 9.98 Å². The molecule has 0 saturated heterocycles. The smallest absolute Gasteiger partial charge is 0.235 e. The van der Waals surface area contributed by atoms with Crippen molar-refractivity contribution in [1.29, 1.82) is 0 Å².